The molecule has 0 aliphatic heterocycles. The van der Waals surface area contributed by atoms with Crippen molar-refractivity contribution in [1.82, 2.24) is 20.6 Å². The molecule has 2 aromatic heterocycles. The zero-order valence-electron chi connectivity index (χ0n) is 28.3. The van der Waals surface area contributed by atoms with Crippen molar-refractivity contribution in [1.29, 1.82) is 0 Å². The fourth-order valence-corrected chi connectivity index (χ4v) is 8.33. The molecule has 2 atom stereocenters. The maximum atomic E-state index is 14.1. The summed E-state index contributed by atoms with van der Waals surface area (Å²) in [7, 11) is 0. The van der Waals surface area contributed by atoms with Gasteiger partial charge < -0.3 is 10.6 Å². The van der Waals surface area contributed by atoms with Gasteiger partial charge in [0.25, 0.3) is 11.8 Å². The van der Waals surface area contributed by atoms with Gasteiger partial charge in [-0.2, -0.15) is 0 Å². The summed E-state index contributed by atoms with van der Waals surface area (Å²) >= 11 is 13.1. The van der Waals surface area contributed by atoms with Crippen molar-refractivity contribution in [2.75, 3.05) is 6.54 Å². The average Bonchev–Trinajstić information content (AvgIpc) is 3.09. The van der Waals surface area contributed by atoms with E-state index in [9.17, 15) is 9.59 Å². The third kappa shape index (κ3) is 6.96. The first-order chi connectivity index (χ1) is 24.0. The molecule has 252 valence electrons. The lowest BCUT2D eigenvalue weighted by Gasteiger charge is -2.47. The molecule has 4 aromatic carbocycles. The summed E-state index contributed by atoms with van der Waals surface area (Å²) in [4.78, 5) is 37.7. The summed E-state index contributed by atoms with van der Waals surface area (Å²) in [5.41, 5.74) is 5.07. The van der Waals surface area contributed by atoms with Crippen LogP contribution in [0.2, 0.25) is 10.0 Å². The molecule has 6 nitrogen and oxygen atoms in total. The van der Waals surface area contributed by atoms with Gasteiger partial charge in [0.1, 0.15) is 0 Å². The van der Waals surface area contributed by atoms with Crippen LogP contribution in [-0.4, -0.2) is 34.4 Å². The van der Waals surface area contributed by atoms with Crippen LogP contribution < -0.4 is 10.6 Å². The quantitative estimate of drug-likeness (QED) is 0.174. The molecule has 50 heavy (non-hydrogen) atoms. The number of fused-ring (bicyclic) bond motifs is 2. The van der Waals surface area contributed by atoms with Crippen LogP contribution in [0.4, 0.5) is 0 Å². The first kappa shape index (κ1) is 33.7. The molecular weight excluding hydrogens is 663 g/mol. The molecule has 2 amide bonds. The summed E-state index contributed by atoms with van der Waals surface area (Å²) in [6, 6.07) is 34.0. The number of hydrogen-bond donors (Lipinski definition) is 2. The minimum absolute atomic E-state index is 0.0701. The van der Waals surface area contributed by atoms with Gasteiger partial charge in [0, 0.05) is 44.5 Å². The van der Waals surface area contributed by atoms with Crippen molar-refractivity contribution in [3.63, 3.8) is 0 Å². The van der Waals surface area contributed by atoms with Crippen molar-refractivity contribution in [3.05, 3.63) is 130 Å². The third-order valence-corrected chi connectivity index (χ3v) is 10.3. The number of amides is 2. The van der Waals surface area contributed by atoms with Crippen molar-refractivity contribution in [3.8, 4) is 22.5 Å². The van der Waals surface area contributed by atoms with Crippen LogP contribution in [0.25, 0.3) is 44.3 Å². The Labute approximate surface area is 302 Å². The molecule has 1 aliphatic rings. The Morgan fingerprint density at radius 2 is 1.16 bits per heavy atom. The Hall–Kier alpha value is -4.78. The highest BCUT2D eigenvalue weighted by Gasteiger charge is 2.42. The second kappa shape index (κ2) is 13.5. The number of pyridine rings is 2. The molecule has 7 rings (SSSR count). The van der Waals surface area contributed by atoms with E-state index < -0.39 is 0 Å². The normalized spacial score (nSPS) is 18.5. The van der Waals surface area contributed by atoms with E-state index in [-0.39, 0.29) is 28.7 Å². The fraction of sp³-hybridized carbons (Fsp3) is 0.238. The summed E-state index contributed by atoms with van der Waals surface area (Å²) in [6.45, 7) is 7.11. The Morgan fingerprint density at radius 3 is 1.70 bits per heavy atom. The topological polar surface area (TPSA) is 84.0 Å². The molecule has 1 fully saturated rings. The maximum Gasteiger partial charge on any atom is 0.252 e. The predicted octanol–water partition coefficient (Wildman–Crippen LogP) is 10.2. The molecule has 1 aliphatic carbocycles. The van der Waals surface area contributed by atoms with Crippen LogP contribution in [0.15, 0.2) is 109 Å². The molecule has 6 aromatic rings. The zero-order chi connectivity index (χ0) is 35.0. The highest BCUT2D eigenvalue weighted by molar-refractivity contribution is 6.33. The van der Waals surface area contributed by atoms with Gasteiger partial charge in [-0.05, 0) is 66.5 Å². The highest BCUT2D eigenvalue weighted by Crippen LogP contribution is 2.46. The largest absolute Gasteiger partial charge is 0.351 e. The van der Waals surface area contributed by atoms with Gasteiger partial charge in [-0.25, -0.2) is 9.97 Å². The van der Waals surface area contributed by atoms with E-state index in [1.165, 1.54) is 0 Å². The highest BCUT2D eigenvalue weighted by atomic mass is 35.5. The van der Waals surface area contributed by atoms with Crippen LogP contribution >= 0.6 is 23.2 Å². The number of para-hydroxylation sites is 2. The lowest BCUT2D eigenvalue weighted by Crippen LogP contribution is -2.50. The number of benzene rings is 4. The van der Waals surface area contributed by atoms with Crippen molar-refractivity contribution in [2.24, 2.45) is 10.8 Å². The van der Waals surface area contributed by atoms with Gasteiger partial charge in [-0.1, -0.05) is 117 Å². The molecule has 0 bridgehead atoms. The smallest absolute Gasteiger partial charge is 0.252 e. The average molecular weight is 702 g/mol. The van der Waals surface area contributed by atoms with Gasteiger partial charge >= 0.3 is 0 Å². The Morgan fingerprint density at radius 1 is 0.680 bits per heavy atom. The summed E-state index contributed by atoms with van der Waals surface area (Å²) < 4.78 is 0. The molecule has 1 saturated carbocycles. The number of aromatic nitrogens is 2. The van der Waals surface area contributed by atoms with E-state index in [2.05, 4.69) is 31.4 Å². The van der Waals surface area contributed by atoms with Gasteiger partial charge in [-0.3, -0.25) is 9.59 Å². The Balaban J connectivity index is 1.13. The second-order valence-corrected chi connectivity index (χ2v) is 15.3. The molecule has 8 heteroatoms. The van der Waals surface area contributed by atoms with Crippen LogP contribution in [0.1, 0.15) is 60.7 Å². The molecule has 2 heterocycles. The van der Waals surface area contributed by atoms with E-state index in [1.54, 1.807) is 0 Å². The molecule has 0 saturated heterocycles. The molecule has 0 unspecified atom stereocenters. The molecule has 0 spiro atoms. The number of nitrogens with one attached hydrogen (secondary N) is 2. The number of carbonyl (C=O) groups is 2. The van der Waals surface area contributed by atoms with Crippen LogP contribution in [-0.2, 0) is 0 Å². The Bertz CT molecular complexity index is 2270. The van der Waals surface area contributed by atoms with E-state index in [0.717, 1.165) is 45.8 Å². The third-order valence-electron chi connectivity index (χ3n) is 9.68. The van der Waals surface area contributed by atoms with Crippen molar-refractivity contribution < 1.29 is 9.59 Å². The summed E-state index contributed by atoms with van der Waals surface area (Å²) in [5.74, 6) is -0.321. The van der Waals surface area contributed by atoms with Crippen LogP contribution in [0, 0.1) is 10.8 Å². The standard InChI is InChI=1S/C42H38Cl2N4O2/c1-41(2)22-26(46-40(50)32-21-38(30-15-5-9-17-34(30)44)48-36-19-11-7-13-28(32)36)23-42(3,24-41)25-45-39(49)31-20-37(29-14-4-8-16-33(29)43)47-35-18-10-6-12-27(31)35/h4-21,26H,22-25H2,1-3H3,(H,45,49)(H,46,50)/t26-,42-/m1/s1. The van der Waals surface area contributed by atoms with E-state index in [1.807, 2.05) is 109 Å². The zero-order valence-corrected chi connectivity index (χ0v) is 29.8. The van der Waals surface area contributed by atoms with E-state index in [0.29, 0.717) is 45.5 Å². The number of hydrogen-bond acceptors (Lipinski definition) is 4. The lowest BCUT2D eigenvalue weighted by atomic mass is 9.62. The number of carbonyl (C=O) groups excluding carboxylic acids is 2. The van der Waals surface area contributed by atoms with Gasteiger partial charge in [0.2, 0.25) is 0 Å². The number of halogens is 2. The van der Waals surface area contributed by atoms with Gasteiger partial charge in [0.05, 0.1) is 33.5 Å². The monoisotopic (exact) mass is 700 g/mol. The van der Waals surface area contributed by atoms with Gasteiger partial charge in [-0.15, -0.1) is 0 Å². The lowest BCUT2D eigenvalue weighted by molar-refractivity contribution is 0.0593. The number of rotatable bonds is 7. The maximum absolute atomic E-state index is 14.1. The first-order valence-electron chi connectivity index (χ1n) is 16.9. The molecule has 0 radical (unpaired) electrons. The van der Waals surface area contributed by atoms with Crippen LogP contribution in [0.5, 0.6) is 0 Å². The fourth-order valence-electron chi connectivity index (χ4n) is 7.86. The van der Waals surface area contributed by atoms with E-state index in [4.69, 9.17) is 33.2 Å². The van der Waals surface area contributed by atoms with Crippen LogP contribution in [0.3, 0.4) is 0 Å². The van der Waals surface area contributed by atoms with Gasteiger partial charge in [0.15, 0.2) is 0 Å². The summed E-state index contributed by atoms with van der Waals surface area (Å²) in [6.07, 6.45) is 2.42. The minimum Gasteiger partial charge on any atom is -0.351 e. The summed E-state index contributed by atoms with van der Waals surface area (Å²) in [5, 5.41) is 9.35. The van der Waals surface area contributed by atoms with E-state index >= 15 is 0 Å². The minimum atomic E-state index is -0.271. The second-order valence-electron chi connectivity index (χ2n) is 14.5. The predicted molar refractivity (Wildman–Crippen MR) is 204 cm³/mol. The molecular formula is C42H38Cl2N4O2. The number of nitrogens with zero attached hydrogens (tertiary/aromatic N) is 2. The van der Waals surface area contributed by atoms with Crippen molar-refractivity contribution >= 4 is 56.8 Å². The van der Waals surface area contributed by atoms with Crippen molar-refractivity contribution in [2.45, 2.75) is 46.1 Å². The first-order valence-corrected chi connectivity index (χ1v) is 17.6. The Kier molecular flexibility index (Phi) is 9.10. The SMILES string of the molecule is CC1(C)C[C@@H](NC(=O)c2cc(-c3ccccc3Cl)nc3ccccc23)C[C@@](C)(CNC(=O)c2cc(-c3ccccc3Cl)nc3ccccc23)C1. The molecule has 2 N–H and O–H groups in total.